The fourth-order valence-corrected chi connectivity index (χ4v) is 8.87. The zero-order chi connectivity index (χ0) is 39.8. The van der Waals surface area contributed by atoms with Crippen molar-refractivity contribution < 1.29 is 0 Å². The maximum atomic E-state index is 2.46. The van der Waals surface area contributed by atoms with Crippen molar-refractivity contribution in [2.75, 3.05) is 4.90 Å². The highest BCUT2D eigenvalue weighted by Gasteiger charge is 2.22. The van der Waals surface area contributed by atoms with Crippen LogP contribution in [0.3, 0.4) is 0 Å². The number of aromatic nitrogens is 1. The molecule has 0 atom stereocenters. The van der Waals surface area contributed by atoms with E-state index in [4.69, 9.17) is 0 Å². The second-order valence-electron chi connectivity index (χ2n) is 15.3. The topological polar surface area (TPSA) is 8.17 Å². The van der Waals surface area contributed by atoms with Gasteiger partial charge in [0, 0.05) is 33.3 Å². The van der Waals surface area contributed by atoms with Gasteiger partial charge in [0.2, 0.25) is 0 Å². The predicted molar refractivity (Wildman–Crippen MR) is 255 cm³/mol. The molecule has 0 aliphatic rings. The van der Waals surface area contributed by atoms with Crippen molar-refractivity contribution in [3.8, 4) is 50.2 Å². The molecule has 10 aromatic carbocycles. The van der Waals surface area contributed by atoms with E-state index in [0.29, 0.717) is 0 Å². The minimum absolute atomic E-state index is 1.08. The van der Waals surface area contributed by atoms with Gasteiger partial charge in [-0.2, -0.15) is 0 Å². The number of hydrogen-bond acceptors (Lipinski definition) is 1. The first-order valence-corrected chi connectivity index (χ1v) is 20.6. The Bertz CT molecular complexity index is 3270. The Morgan fingerprint density at radius 1 is 0.283 bits per heavy atom. The summed E-state index contributed by atoms with van der Waals surface area (Å²) >= 11 is 0. The lowest BCUT2D eigenvalue weighted by molar-refractivity contribution is 1.18. The summed E-state index contributed by atoms with van der Waals surface area (Å²) in [6.45, 7) is 0. The molecule has 0 aliphatic carbocycles. The normalized spacial score (nSPS) is 11.3. The molecular weight excluding hydrogens is 725 g/mol. The molecule has 0 unspecified atom stereocenters. The Hall–Kier alpha value is -7.94. The highest BCUT2D eigenvalue weighted by Crippen LogP contribution is 2.45. The first-order chi connectivity index (χ1) is 29.8. The van der Waals surface area contributed by atoms with E-state index in [1.165, 1.54) is 71.6 Å². The average Bonchev–Trinajstić information content (AvgIpc) is 3.66. The SMILES string of the molecule is c1ccc(-c2ccc(-c3ccccc3-n3c4ccccc4c4ccc(N(c5ccc(-c6ccccc6)cc5)c5cc6ccccc6cc5-c5ccccc5)cc43)cc2)cc1. The van der Waals surface area contributed by atoms with Gasteiger partial charge in [-0.1, -0.05) is 194 Å². The number of fused-ring (bicyclic) bond motifs is 4. The minimum atomic E-state index is 1.08. The molecule has 0 fully saturated rings. The molecule has 0 amide bonds. The summed E-state index contributed by atoms with van der Waals surface area (Å²) in [5.41, 5.74) is 16.3. The van der Waals surface area contributed by atoms with E-state index in [1.54, 1.807) is 0 Å². The molecule has 1 heterocycles. The van der Waals surface area contributed by atoms with Gasteiger partial charge in [-0.15, -0.1) is 0 Å². The largest absolute Gasteiger partial charge is 0.310 e. The van der Waals surface area contributed by atoms with Gasteiger partial charge in [-0.3, -0.25) is 0 Å². The Morgan fingerprint density at radius 2 is 0.750 bits per heavy atom. The predicted octanol–water partition coefficient (Wildman–Crippen LogP) is 16.1. The van der Waals surface area contributed by atoms with Gasteiger partial charge in [0.15, 0.2) is 0 Å². The van der Waals surface area contributed by atoms with Crippen molar-refractivity contribution in [1.82, 2.24) is 4.57 Å². The van der Waals surface area contributed by atoms with Gasteiger partial charge in [-0.25, -0.2) is 0 Å². The van der Waals surface area contributed by atoms with Crippen LogP contribution in [0.5, 0.6) is 0 Å². The Morgan fingerprint density at radius 3 is 1.43 bits per heavy atom. The van der Waals surface area contributed by atoms with E-state index >= 15 is 0 Å². The van der Waals surface area contributed by atoms with Gasteiger partial charge >= 0.3 is 0 Å². The smallest absolute Gasteiger partial charge is 0.0562 e. The first kappa shape index (κ1) is 35.2. The lowest BCUT2D eigenvalue weighted by Gasteiger charge is -2.29. The number of rotatable bonds is 8. The fourth-order valence-electron chi connectivity index (χ4n) is 8.87. The van der Waals surface area contributed by atoms with Crippen LogP contribution in [0, 0.1) is 0 Å². The summed E-state index contributed by atoms with van der Waals surface area (Å²) in [6.07, 6.45) is 0. The molecule has 2 heteroatoms. The zero-order valence-electron chi connectivity index (χ0n) is 33.0. The molecule has 0 N–H and O–H groups in total. The van der Waals surface area contributed by atoms with Gasteiger partial charge in [0.25, 0.3) is 0 Å². The fraction of sp³-hybridized carbons (Fsp3) is 0. The van der Waals surface area contributed by atoms with E-state index in [9.17, 15) is 0 Å². The second-order valence-corrected chi connectivity index (χ2v) is 15.3. The molecule has 0 aliphatic heterocycles. The number of nitrogens with zero attached hydrogens (tertiary/aromatic N) is 2. The molecule has 0 saturated heterocycles. The molecule has 2 nitrogen and oxygen atoms in total. The molecule has 0 bridgehead atoms. The molecule has 282 valence electrons. The molecule has 60 heavy (non-hydrogen) atoms. The molecule has 11 aromatic rings. The molecule has 0 spiro atoms. The third-order valence-electron chi connectivity index (χ3n) is 11.8. The van der Waals surface area contributed by atoms with Crippen LogP contribution < -0.4 is 4.90 Å². The summed E-state index contributed by atoms with van der Waals surface area (Å²) in [7, 11) is 0. The molecule has 1 aromatic heterocycles. The summed E-state index contributed by atoms with van der Waals surface area (Å²) in [5, 5.41) is 4.84. The lowest BCUT2D eigenvalue weighted by atomic mass is 9.97. The summed E-state index contributed by atoms with van der Waals surface area (Å²) in [4.78, 5) is 2.44. The highest BCUT2D eigenvalue weighted by atomic mass is 15.1. The van der Waals surface area contributed by atoms with E-state index in [0.717, 1.165) is 28.3 Å². The lowest BCUT2D eigenvalue weighted by Crippen LogP contribution is -2.11. The Labute approximate surface area is 350 Å². The van der Waals surface area contributed by atoms with Crippen LogP contribution in [0.1, 0.15) is 0 Å². The van der Waals surface area contributed by atoms with Gasteiger partial charge < -0.3 is 9.47 Å². The molecule has 0 radical (unpaired) electrons. The number of para-hydroxylation sites is 2. The van der Waals surface area contributed by atoms with Crippen molar-refractivity contribution in [1.29, 1.82) is 0 Å². The number of hydrogen-bond donors (Lipinski definition) is 0. The van der Waals surface area contributed by atoms with Crippen LogP contribution in [0.2, 0.25) is 0 Å². The number of anilines is 3. The zero-order valence-corrected chi connectivity index (χ0v) is 33.0. The van der Waals surface area contributed by atoms with Crippen molar-refractivity contribution in [2.45, 2.75) is 0 Å². The quantitative estimate of drug-likeness (QED) is 0.150. The molecule has 0 saturated carbocycles. The van der Waals surface area contributed by atoms with Crippen LogP contribution in [-0.4, -0.2) is 4.57 Å². The summed E-state index contributed by atoms with van der Waals surface area (Å²) in [6, 6.07) is 88.0. The number of benzene rings is 10. The summed E-state index contributed by atoms with van der Waals surface area (Å²) < 4.78 is 2.46. The third-order valence-corrected chi connectivity index (χ3v) is 11.8. The standard InChI is InChI=1S/C58H40N2/c1-4-16-41(17-5-1)43-28-30-46(31-29-43)51-24-12-14-26-55(51)60-56-27-15-13-25-52(56)53-37-36-50(40-58(53)60)59(49-34-32-44(33-35-49)42-18-6-2-7-19-42)57-39-48-23-11-10-22-47(48)38-54(57)45-20-8-3-9-21-45/h1-40H. The van der Waals surface area contributed by atoms with Gasteiger partial charge in [-0.05, 0) is 92.7 Å². The van der Waals surface area contributed by atoms with Crippen molar-refractivity contribution in [3.05, 3.63) is 243 Å². The van der Waals surface area contributed by atoms with E-state index < -0.39 is 0 Å². The van der Waals surface area contributed by atoms with Gasteiger partial charge in [0.1, 0.15) is 0 Å². The van der Waals surface area contributed by atoms with Crippen molar-refractivity contribution in [3.63, 3.8) is 0 Å². The Kier molecular flexibility index (Phi) is 8.87. The molecular formula is C58H40N2. The monoisotopic (exact) mass is 764 g/mol. The Balaban J connectivity index is 1.14. The van der Waals surface area contributed by atoms with E-state index in [-0.39, 0.29) is 0 Å². The van der Waals surface area contributed by atoms with Crippen LogP contribution in [0.15, 0.2) is 243 Å². The average molecular weight is 765 g/mol. The van der Waals surface area contributed by atoms with Crippen molar-refractivity contribution in [2.24, 2.45) is 0 Å². The third kappa shape index (κ3) is 6.32. The van der Waals surface area contributed by atoms with Crippen LogP contribution in [0.4, 0.5) is 17.1 Å². The van der Waals surface area contributed by atoms with Gasteiger partial charge in [0.05, 0.1) is 22.4 Å². The van der Waals surface area contributed by atoms with Crippen LogP contribution in [0.25, 0.3) is 82.8 Å². The van der Waals surface area contributed by atoms with E-state index in [1.807, 2.05) is 0 Å². The second kappa shape index (κ2) is 15.1. The maximum absolute atomic E-state index is 2.46. The maximum Gasteiger partial charge on any atom is 0.0562 e. The minimum Gasteiger partial charge on any atom is -0.310 e. The molecule has 11 rings (SSSR count). The highest BCUT2D eigenvalue weighted by molar-refractivity contribution is 6.11. The van der Waals surface area contributed by atoms with E-state index in [2.05, 4.69) is 252 Å². The first-order valence-electron chi connectivity index (χ1n) is 20.6. The summed E-state index contributed by atoms with van der Waals surface area (Å²) in [5.74, 6) is 0. The van der Waals surface area contributed by atoms with Crippen LogP contribution in [-0.2, 0) is 0 Å². The van der Waals surface area contributed by atoms with Crippen molar-refractivity contribution >= 4 is 49.6 Å². The van der Waals surface area contributed by atoms with Crippen LogP contribution >= 0.6 is 0 Å².